The van der Waals surface area contributed by atoms with Crippen LogP contribution >= 0.6 is 11.3 Å². The van der Waals surface area contributed by atoms with Gasteiger partial charge in [-0.15, -0.1) is 11.3 Å². The van der Waals surface area contributed by atoms with Gasteiger partial charge >= 0.3 is 0 Å². The lowest BCUT2D eigenvalue weighted by Gasteiger charge is -1.97. The van der Waals surface area contributed by atoms with E-state index in [-0.39, 0.29) is 6.61 Å². The first-order valence-corrected chi connectivity index (χ1v) is 5.85. The molecular weight excluding hydrogens is 192 g/mol. The van der Waals surface area contributed by atoms with Crippen LogP contribution in [0.25, 0.3) is 10.1 Å². The Hall–Kier alpha value is -0.860. The summed E-state index contributed by atoms with van der Waals surface area (Å²) < 4.78 is 1.32. The maximum Gasteiger partial charge on any atom is 0.0471 e. The lowest BCUT2D eigenvalue weighted by molar-refractivity contribution is 0.299. The fraction of sp³-hybridized carbons (Fsp3) is 0.333. The molecule has 0 spiro atoms. The molecular formula is C12H16OS. The maximum absolute atomic E-state index is 8.74. The van der Waals surface area contributed by atoms with Crippen LogP contribution in [0.4, 0.5) is 0 Å². The minimum atomic E-state index is 0.232. The number of thiophene rings is 1. The van der Waals surface area contributed by atoms with E-state index in [2.05, 4.69) is 29.6 Å². The summed E-state index contributed by atoms with van der Waals surface area (Å²) in [6.07, 6.45) is 0.756. The van der Waals surface area contributed by atoms with Crippen molar-refractivity contribution in [2.24, 2.45) is 0 Å². The SMILES string of the molecule is CC.OCCc1ccc2sccc2c1. The molecule has 0 fully saturated rings. The van der Waals surface area contributed by atoms with Crippen LogP contribution in [0.1, 0.15) is 19.4 Å². The third-order valence-corrected chi connectivity index (χ3v) is 2.82. The molecule has 14 heavy (non-hydrogen) atoms. The molecule has 2 aromatic rings. The molecule has 1 aromatic carbocycles. The summed E-state index contributed by atoms with van der Waals surface area (Å²) >= 11 is 1.75. The van der Waals surface area contributed by atoms with Crippen LogP contribution in [0.15, 0.2) is 29.6 Å². The topological polar surface area (TPSA) is 20.2 Å². The molecule has 76 valence electrons. The molecule has 1 heterocycles. The van der Waals surface area contributed by atoms with Gasteiger partial charge in [0.15, 0.2) is 0 Å². The number of hydrogen-bond donors (Lipinski definition) is 1. The van der Waals surface area contributed by atoms with Crippen molar-refractivity contribution in [2.75, 3.05) is 6.61 Å². The smallest absolute Gasteiger partial charge is 0.0471 e. The Morgan fingerprint density at radius 2 is 2.00 bits per heavy atom. The Morgan fingerprint density at radius 1 is 1.21 bits per heavy atom. The van der Waals surface area contributed by atoms with E-state index in [0.29, 0.717) is 0 Å². The first-order valence-electron chi connectivity index (χ1n) is 4.97. The number of hydrogen-bond acceptors (Lipinski definition) is 2. The van der Waals surface area contributed by atoms with E-state index in [9.17, 15) is 0 Å². The highest BCUT2D eigenvalue weighted by Crippen LogP contribution is 2.21. The van der Waals surface area contributed by atoms with E-state index in [4.69, 9.17) is 5.11 Å². The molecule has 1 N–H and O–H groups in total. The molecule has 0 unspecified atom stereocenters. The predicted molar refractivity (Wildman–Crippen MR) is 64.0 cm³/mol. The molecule has 0 atom stereocenters. The van der Waals surface area contributed by atoms with Crippen LogP contribution in [0.3, 0.4) is 0 Å². The van der Waals surface area contributed by atoms with Crippen molar-refractivity contribution in [3.8, 4) is 0 Å². The molecule has 2 rings (SSSR count). The summed E-state index contributed by atoms with van der Waals surface area (Å²) in [6, 6.07) is 8.45. The summed E-state index contributed by atoms with van der Waals surface area (Å²) in [5.74, 6) is 0. The molecule has 1 aromatic heterocycles. The first-order chi connectivity index (χ1) is 6.90. The van der Waals surface area contributed by atoms with E-state index in [1.54, 1.807) is 11.3 Å². The van der Waals surface area contributed by atoms with Crippen molar-refractivity contribution in [3.63, 3.8) is 0 Å². The van der Waals surface area contributed by atoms with Crippen molar-refractivity contribution in [3.05, 3.63) is 35.2 Å². The van der Waals surface area contributed by atoms with Crippen LogP contribution in [0.2, 0.25) is 0 Å². The van der Waals surface area contributed by atoms with Crippen LogP contribution < -0.4 is 0 Å². The van der Waals surface area contributed by atoms with E-state index in [0.717, 1.165) is 6.42 Å². The molecule has 0 saturated carbocycles. The molecule has 0 radical (unpaired) electrons. The van der Waals surface area contributed by atoms with Crippen molar-refractivity contribution < 1.29 is 5.11 Å². The lowest BCUT2D eigenvalue weighted by Crippen LogP contribution is -1.88. The number of aliphatic hydroxyl groups excluding tert-OH is 1. The predicted octanol–water partition coefficient (Wildman–Crippen LogP) is 3.46. The monoisotopic (exact) mass is 208 g/mol. The summed E-state index contributed by atoms with van der Waals surface area (Å²) in [4.78, 5) is 0. The summed E-state index contributed by atoms with van der Waals surface area (Å²) in [5, 5.41) is 12.1. The highest BCUT2D eigenvalue weighted by atomic mass is 32.1. The van der Waals surface area contributed by atoms with Gasteiger partial charge in [0, 0.05) is 11.3 Å². The Balaban J connectivity index is 0.000000461. The Bertz CT molecular complexity index is 378. The largest absolute Gasteiger partial charge is 0.396 e. The minimum Gasteiger partial charge on any atom is -0.396 e. The van der Waals surface area contributed by atoms with Gasteiger partial charge in [0.2, 0.25) is 0 Å². The molecule has 0 aliphatic rings. The van der Waals surface area contributed by atoms with E-state index in [1.807, 2.05) is 13.8 Å². The fourth-order valence-corrected chi connectivity index (χ4v) is 2.07. The zero-order valence-corrected chi connectivity index (χ0v) is 9.47. The van der Waals surface area contributed by atoms with Gasteiger partial charge in [-0.2, -0.15) is 0 Å². The number of fused-ring (bicyclic) bond motifs is 1. The minimum absolute atomic E-state index is 0.232. The maximum atomic E-state index is 8.74. The van der Waals surface area contributed by atoms with Crippen molar-refractivity contribution >= 4 is 21.4 Å². The molecule has 0 bridgehead atoms. The molecule has 1 nitrogen and oxygen atoms in total. The lowest BCUT2D eigenvalue weighted by atomic mass is 10.1. The van der Waals surface area contributed by atoms with Gasteiger partial charge in [0.25, 0.3) is 0 Å². The van der Waals surface area contributed by atoms with Crippen LogP contribution in [0.5, 0.6) is 0 Å². The number of rotatable bonds is 2. The van der Waals surface area contributed by atoms with Gasteiger partial charge in [-0.3, -0.25) is 0 Å². The Morgan fingerprint density at radius 3 is 2.71 bits per heavy atom. The number of aliphatic hydroxyl groups is 1. The standard InChI is InChI=1S/C10H10OS.C2H6/c11-5-3-8-1-2-10-9(7-8)4-6-12-10;1-2/h1-2,4,6-7,11H,3,5H2;1-2H3. The van der Waals surface area contributed by atoms with Gasteiger partial charge in [-0.25, -0.2) is 0 Å². The van der Waals surface area contributed by atoms with Gasteiger partial charge in [0.05, 0.1) is 0 Å². The van der Waals surface area contributed by atoms with Crippen molar-refractivity contribution in [1.29, 1.82) is 0 Å². The highest BCUT2D eigenvalue weighted by Gasteiger charge is 1.96. The van der Waals surface area contributed by atoms with E-state index in [1.165, 1.54) is 15.6 Å². The second-order valence-electron chi connectivity index (χ2n) is 2.77. The van der Waals surface area contributed by atoms with Crippen LogP contribution in [0, 0.1) is 0 Å². The van der Waals surface area contributed by atoms with Crippen molar-refractivity contribution in [1.82, 2.24) is 0 Å². The first kappa shape index (κ1) is 11.2. The van der Waals surface area contributed by atoms with Gasteiger partial charge in [-0.1, -0.05) is 26.0 Å². The Labute approximate surface area is 89.0 Å². The average Bonchev–Trinajstić information content (AvgIpc) is 2.68. The fourth-order valence-electron chi connectivity index (χ4n) is 1.30. The zero-order valence-electron chi connectivity index (χ0n) is 8.66. The highest BCUT2D eigenvalue weighted by molar-refractivity contribution is 7.17. The van der Waals surface area contributed by atoms with E-state index < -0.39 is 0 Å². The summed E-state index contributed by atoms with van der Waals surface area (Å²) in [5.41, 5.74) is 1.21. The molecule has 0 saturated heterocycles. The second-order valence-corrected chi connectivity index (χ2v) is 3.71. The molecule has 2 heteroatoms. The summed E-state index contributed by atoms with van der Waals surface area (Å²) in [7, 11) is 0. The quantitative estimate of drug-likeness (QED) is 0.801. The van der Waals surface area contributed by atoms with Gasteiger partial charge < -0.3 is 5.11 Å². The summed E-state index contributed by atoms with van der Waals surface area (Å²) in [6.45, 7) is 4.23. The molecule has 0 aliphatic heterocycles. The van der Waals surface area contributed by atoms with Gasteiger partial charge in [-0.05, 0) is 34.9 Å². The second kappa shape index (κ2) is 5.78. The van der Waals surface area contributed by atoms with Crippen molar-refractivity contribution in [2.45, 2.75) is 20.3 Å². The average molecular weight is 208 g/mol. The normalized spacial score (nSPS) is 9.64. The third kappa shape index (κ3) is 2.56. The molecule has 0 aliphatic carbocycles. The van der Waals surface area contributed by atoms with E-state index >= 15 is 0 Å². The van der Waals surface area contributed by atoms with Crippen LogP contribution in [-0.4, -0.2) is 11.7 Å². The zero-order chi connectivity index (χ0) is 10.4. The Kier molecular flexibility index (Phi) is 4.63. The number of benzene rings is 1. The van der Waals surface area contributed by atoms with Gasteiger partial charge in [0.1, 0.15) is 0 Å². The molecule has 0 amide bonds. The van der Waals surface area contributed by atoms with Crippen LogP contribution in [-0.2, 0) is 6.42 Å². The third-order valence-electron chi connectivity index (χ3n) is 1.92.